The Morgan fingerprint density at radius 2 is 1.59 bits per heavy atom. The molecule has 1 fully saturated rings. The van der Waals surface area contributed by atoms with Gasteiger partial charge in [-0.1, -0.05) is 60.7 Å². The summed E-state index contributed by atoms with van der Waals surface area (Å²) in [6.07, 6.45) is 2.11. The summed E-state index contributed by atoms with van der Waals surface area (Å²) in [5, 5.41) is 2.91. The number of benzene rings is 3. The van der Waals surface area contributed by atoms with Crippen LogP contribution in [0.3, 0.4) is 0 Å². The lowest BCUT2D eigenvalue weighted by atomic mass is 10.1. The van der Waals surface area contributed by atoms with E-state index in [9.17, 15) is 9.59 Å². The largest absolute Gasteiger partial charge is 0.440 e. The third-order valence-corrected chi connectivity index (χ3v) is 5.86. The van der Waals surface area contributed by atoms with Crippen LogP contribution < -0.4 is 10.2 Å². The zero-order valence-electron chi connectivity index (χ0n) is 18.7. The van der Waals surface area contributed by atoms with Crippen LogP contribution in [0.25, 0.3) is 22.6 Å². The van der Waals surface area contributed by atoms with Gasteiger partial charge < -0.3 is 14.6 Å². The van der Waals surface area contributed by atoms with E-state index in [1.165, 1.54) is 0 Å². The van der Waals surface area contributed by atoms with E-state index in [-0.39, 0.29) is 18.2 Å². The number of rotatable bonds is 7. The molecule has 0 unspecified atom stereocenters. The van der Waals surface area contributed by atoms with E-state index in [4.69, 9.17) is 9.40 Å². The first-order valence-electron chi connectivity index (χ1n) is 11.5. The van der Waals surface area contributed by atoms with E-state index >= 15 is 0 Å². The molecule has 1 aliphatic rings. The molecule has 0 aliphatic carbocycles. The predicted molar refractivity (Wildman–Crippen MR) is 132 cm³/mol. The number of nitrogens with one attached hydrogen (secondary N) is 1. The topological polar surface area (TPSA) is 75.4 Å². The molecule has 1 aromatic heterocycles. The van der Waals surface area contributed by atoms with Crippen LogP contribution in [0.4, 0.5) is 11.4 Å². The lowest BCUT2D eigenvalue weighted by Gasteiger charge is -2.16. The maximum Gasteiger partial charge on any atom is 0.227 e. The maximum absolute atomic E-state index is 12.6. The normalized spacial score (nSPS) is 13.3. The Bertz CT molecular complexity index is 1220. The minimum atomic E-state index is -0.120. The zero-order valence-corrected chi connectivity index (χ0v) is 18.7. The Morgan fingerprint density at radius 1 is 0.912 bits per heavy atom. The number of amides is 2. The molecule has 1 N–H and O–H groups in total. The minimum absolute atomic E-state index is 0.120. The van der Waals surface area contributed by atoms with E-state index in [1.807, 2.05) is 84.9 Å². The fraction of sp³-hybridized carbons (Fsp3) is 0.179. The van der Waals surface area contributed by atoms with Gasteiger partial charge >= 0.3 is 0 Å². The average Bonchev–Trinajstić information content (AvgIpc) is 3.51. The second kappa shape index (κ2) is 9.75. The lowest BCUT2D eigenvalue weighted by molar-refractivity contribution is -0.117. The first kappa shape index (κ1) is 21.6. The Hall–Kier alpha value is -4.19. The summed E-state index contributed by atoms with van der Waals surface area (Å²) in [6, 6.07) is 27.1. The SMILES string of the molecule is O=C(CCc1nc(-c2ccccc2)c(-c2ccccc2)o1)Nc1ccc(N2CCCC2=O)cc1. The highest BCUT2D eigenvalue weighted by atomic mass is 16.4. The molecule has 2 heterocycles. The predicted octanol–water partition coefficient (Wildman–Crippen LogP) is 5.71. The van der Waals surface area contributed by atoms with Crippen molar-refractivity contribution >= 4 is 23.2 Å². The highest BCUT2D eigenvalue weighted by molar-refractivity contribution is 5.96. The van der Waals surface area contributed by atoms with Gasteiger partial charge in [0.25, 0.3) is 0 Å². The molecule has 0 bridgehead atoms. The zero-order chi connectivity index (χ0) is 23.3. The molecule has 0 atom stereocenters. The number of hydrogen-bond donors (Lipinski definition) is 1. The fourth-order valence-electron chi connectivity index (χ4n) is 4.14. The summed E-state index contributed by atoms with van der Waals surface area (Å²) in [4.78, 5) is 31.0. The number of aromatic nitrogens is 1. The van der Waals surface area contributed by atoms with Gasteiger partial charge in [0.05, 0.1) is 0 Å². The van der Waals surface area contributed by atoms with Crippen LogP contribution in [0.2, 0.25) is 0 Å². The van der Waals surface area contributed by atoms with Gasteiger partial charge in [-0.3, -0.25) is 9.59 Å². The summed E-state index contributed by atoms with van der Waals surface area (Å²) in [5.74, 6) is 1.25. The van der Waals surface area contributed by atoms with E-state index in [0.717, 1.165) is 35.5 Å². The van der Waals surface area contributed by atoms with Crippen molar-refractivity contribution < 1.29 is 14.0 Å². The van der Waals surface area contributed by atoms with Gasteiger partial charge in [-0.2, -0.15) is 0 Å². The standard InChI is InChI=1S/C28H25N3O3/c32-24(29-22-13-15-23(16-14-22)31-19-7-12-26(31)33)17-18-25-30-27(20-8-3-1-4-9-20)28(34-25)21-10-5-2-6-11-21/h1-6,8-11,13-16H,7,12,17-19H2,(H,29,32). The quantitative estimate of drug-likeness (QED) is 0.391. The van der Waals surface area contributed by atoms with Crippen molar-refractivity contribution in [2.24, 2.45) is 0 Å². The van der Waals surface area contributed by atoms with Crippen molar-refractivity contribution in [3.05, 3.63) is 90.8 Å². The third kappa shape index (κ3) is 4.76. The molecule has 3 aromatic carbocycles. The van der Waals surface area contributed by atoms with Crippen LogP contribution in [0.1, 0.15) is 25.2 Å². The number of hydrogen-bond acceptors (Lipinski definition) is 4. The first-order chi connectivity index (χ1) is 16.7. The van der Waals surface area contributed by atoms with Crippen LogP contribution in [0, 0.1) is 0 Å². The van der Waals surface area contributed by atoms with Gasteiger partial charge in [-0.05, 0) is 30.7 Å². The summed E-state index contributed by atoms with van der Waals surface area (Å²) in [7, 11) is 0. The molecular weight excluding hydrogens is 426 g/mol. The minimum Gasteiger partial charge on any atom is -0.440 e. The molecule has 170 valence electrons. The van der Waals surface area contributed by atoms with Gasteiger partial charge in [-0.25, -0.2) is 4.98 Å². The Labute approximate surface area is 198 Å². The number of carbonyl (C=O) groups excluding carboxylic acids is 2. The van der Waals surface area contributed by atoms with Crippen molar-refractivity contribution in [1.82, 2.24) is 4.98 Å². The molecule has 0 radical (unpaired) electrons. The van der Waals surface area contributed by atoms with Crippen molar-refractivity contribution in [2.45, 2.75) is 25.7 Å². The summed E-state index contributed by atoms with van der Waals surface area (Å²) >= 11 is 0. The van der Waals surface area contributed by atoms with Crippen LogP contribution in [0.15, 0.2) is 89.3 Å². The maximum atomic E-state index is 12.6. The molecule has 5 rings (SSSR count). The van der Waals surface area contributed by atoms with Crippen LogP contribution in [0.5, 0.6) is 0 Å². The molecule has 0 spiro atoms. The van der Waals surface area contributed by atoms with Gasteiger partial charge in [0, 0.05) is 48.3 Å². The smallest absolute Gasteiger partial charge is 0.227 e. The Morgan fingerprint density at radius 3 is 2.24 bits per heavy atom. The number of aryl methyl sites for hydroxylation is 1. The van der Waals surface area contributed by atoms with Crippen LogP contribution in [-0.2, 0) is 16.0 Å². The molecule has 2 amide bonds. The van der Waals surface area contributed by atoms with E-state index < -0.39 is 0 Å². The van der Waals surface area contributed by atoms with Crippen LogP contribution in [-0.4, -0.2) is 23.3 Å². The second-order valence-corrected chi connectivity index (χ2v) is 8.26. The third-order valence-electron chi connectivity index (χ3n) is 5.86. The molecule has 1 saturated heterocycles. The average molecular weight is 452 g/mol. The van der Waals surface area contributed by atoms with Crippen molar-refractivity contribution in [1.29, 1.82) is 0 Å². The molecule has 1 aliphatic heterocycles. The molecule has 6 heteroatoms. The Balaban J connectivity index is 1.26. The number of anilines is 2. The first-order valence-corrected chi connectivity index (χ1v) is 11.5. The van der Waals surface area contributed by atoms with Gasteiger partial charge in [0.1, 0.15) is 5.69 Å². The summed E-state index contributed by atoms with van der Waals surface area (Å²) < 4.78 is 6.11. The number of nitrogens with zero attached hydrogens (tertiary/aromatic N) is 2. The highest BCUT2D eigenvalue weighted by Gasteiger charge is 2.21. The van der Waals surface area contributed by atoms with Crippen LogP contribution >= 0.6 is 0 Å². The van der Waals surface area contributed by atoms with Crippen molar-refractivity contribution in [3.63, 3.8) is 0 Å². The van der Waals surface area contributed by atoms with Crippen molar-refractivity contribution in [3.8, 4) is 22.6 Å². The molecular formula is C28H25N3O3. The molecule has 6 nitrogen and oxygen atoms in total. The summed E-state index contributed by atoms with van der Waals surface area (Å²) in [6.45, 7) is 0.747. The number of oxazole rings is 1. The fourth-order valence-corrected chi connectivity index (χ4v) is 4.14. The molecule has 4 aromatic rings. The van der Waals surface area contributed by atoms with E-state index in [1.54, 1.807) is 4.90 Å². The highest BCUT2D eigenvalue weighted by Crippen LogP contribution is 2.33. The molecule has 0 saturated carbocycles. The molecule has 34 heavy (non-hydrogen) atoms. The Kier molecular flexibility index (Phi) is 6.21. The summed E-state index contributed by atoms with van der Waals surface area (Å²) in [5.41, 5.74) is 4.25. The van der Waals surface area contributed by atoms with Crippen molar-refractivity contribution in [2.75, 3.05) is 16.8 Å². The van der Waals surface area contributed by atoms with E-state index in [2.05, 4.69) is 5.32 Å². The number of carbonyl (C=O) groups is 2. The second-order valence-electron chi connectivity index (χ2n) is 8.26. The van der Waals surface area contributed by atoms with Gasteiger partial charge in [-0.15, -0.1) is 0 Å². The lowest BCUT2D eigenvalue weighted by Crippen LogP contribution is -2.23. The monoisotopic (exact) mass is 451 g/mol. The van der Waals surface area contributed by atoms with E-state index in [0.29, 0.717) is 30.2 Å². The van der Waals surface area contributed by atoms with Gasteiger partial charge in [0.2, 0.25) is 11.8 Å². The van der Waals surface area contributed by atoms with Gasteiger partial charge in [0.15, 0.2) is 11.7 Å².